The lowest BCUT2D eigenvalue weighted by atomic mass is 9.96. The molecular weight excluding hydrogens is 394 g/mol. The fraction of sp³-hybridized carbons (Fsp3) is 0.600. The third-order valence-corrected chi connectivity index (χ3v) is 8.02. The van der Waals surface area contributed by atoms with Gasteiger partial charge in [0.1, 0.15) is 0 Å². The summed E-state index contributed by atoms with van der Waals surface area (Å²) < 4.78 is 34.0. The highest BCUT2D eigenvalue weighted by Crippen LogP contribution is 2.27. The monoisotopic (exact) mass is 421 g/mol. The fourth-order valence-electron chi connectivity index (χ4n) is 4.32. The fourth-order valence-corrected chi connectivity index (χ4v) is 5.80. The predicted molar refractivity (Wildman–Crippen MR) is 108 cm³/mol. The van der Waals surface area contributed by atoms with Crippen LogP contribution in [0.15, 0.2) is 32.3 Å². The van der Waals surface area contributed by atoms with E-state index in [1.54, 1.807) is 13.1 Å². The van der Waals surface area contributed by atoms with Gasteiger partial charge in [0, 0.05) is 45.2 Å². The zero-order valence-corrected chi connectivity index (χ0v) is 17.5. The second-order valence-corrected chi connectivity index (χ2v) is 9.91. The van der Waals surface area contributed by atoms with Gasteiger partial charge < -0.3 is 9.32 Å². The molecule has 2 aliphatic heterocycles. The van der Waals surface area contributed by atoms with Gasteiger partial charge in [-0.3, -0.25) is 9.36 Å². The van der Waals surface area contributed by atoms with Crippen LogP contribution in [0.3, 0.4) is 0 Å². The highest BCUT2D eigenvalue weighted by atomic mass is 32.2. The first-order valence-corrected chi connectivity index (χ1v) is 11.7. The number of aryl methyl sites for hydroxylation is 1. The smallest absolute Gasteiger partial charge is 0.408 e. The van der Waals surface area contributed by atoms with Crippen molar-refractivity contribution in [3.8, 4) is 0 Å². The zero-order valence-electron chi connectivity index (χ0n) is 16.7. The summed E-state index contributed by atoms with van der Waals surface area (Å²) in [5.41, 5.74) is 0.806. The van der Waals surface area contributed by atoms with E-state index < -0.39 is 15.8 Å². The van der Waals surface area contributed by atoms with E-state index in [0.29, 0.717) is 31.4 Å². The molecule has 3 heterocycles. The Morgan fingerprint density at radius 2 is 1.69 bits per heavy atom. The molecule has 2 saturated heterocycles. The van der Waals surface area contributed by atoms with E-state index in [1.165, 1.54) is 33.8 Å². The van der Waals surface area contributed by atoms with Gasteiger partial charge in [-0.2, -0.15) is 4.31 Å². The minimum Gasteiger partial charge on any atom is -0.408 e. The van der Waals surface area contributed by atoms with Crippen LogP contribution in [0.25, 0.3) is 11.1 Å². The Morgan fingerprint density at radius 3 is 2.34 bits per heavy atom. The van der Waals surface area contributed by atoms with Crippen LogP contribution in [-0.4, -0.2) is 54.3 Å². The Morgan fingerprint density at radius 1 is 1.03 bits per heavy atom. The summed E-state index contributed by atoms with van der Waals surface area (Å²) in [6, 6.07) is 4.49. The number of piperidine rings is 1. The van der Waals surface area contributed by atoms with Crippen molar-refractivity contribution in [3.63, 3.8) is 0 Å². The summed E-state index contributed by atoms with van der Waals surface area (Å²) in [6.07, 6.45) is 5.53. The Kier molecular flexibility index (Phi) is 5.52. The van der Waals surface area contributed by atoms with Crippen molar-refractivity contribution in [1.29, 1.82) is 0 Å². The Labute approximate surface area is 170 Å². The molecule has 0 spiro atoms. The molecule has 1 aromatic heterocycles. The van der Waals surface area contributed by atoms with Crippen molar-refractivity contribution in [1.82, 2.24) is 13.8 Å². The minimum atomic E-state index is -3.70. The first-order valence-electron chi connectivity index (χ1n) is 10.3. The normalized spacial score (nSPS) is 20.1. The molecule has 158 valence electrons. The molecule has 0 radical (unpaired) electrons. The van der Waals surface area contributed by atoms with Crippen LogP contribution in [-0.2, 0) is 21.9 Å². The molecule has 1 aromatic carbocycles. The first-order chi connectivity index (χ1) is 13.9. The third-order valence-electron chi connectivity index (χ3n) is 6.12. The zero-order chi connectivity index (χ0) is 20.6. The summed E-state index contributed by atoms with van der Waals surface area (Å²) in [5, 5.41) is 0. The maximum absolute atomic E-state index is 13.1. The molecule has 0 N–H and O–H groups in total. The molecule has 1 amide bonds. The number of hydrogen-bond donors (Lipinski definition) is 0. The molecule has 0 saturated carbocycles. The van der Waals surface area contributed by atoms with Crippen LogP contribution in [0.2, 0.25) is 0 Å². The van der Waals surface area contributed by atoms with Gasteiger partial charge in [-0.1, -0.05) is 12.8 Å². The molecule has 0 unspecified atom stereocenters. The summed E-state index contributed by atoms with van der Waals surface area (Å²) in [6.45, 7) is 2.28. The Balaban J connectivity index is 1.46. The van der Waals surface area contributed by atoms with Gasteiger partial charge in [-0.15, -0.1) is 0 Å². The molecule has 0 bridgehead atoms. The van der Waals surface area contributed by atoms with Crippen LogP contribution in [0, 0.1) is 5.92 Å². The minimum absolute atomic E-state index is 0.103. The third kappa shape index (κ3) is 3.85. The first kappa shape index (κ1) is 20.2. The number of benzene rings is 1. The maximum atomic E-state index is 13.1. The van der Waals surface area contributed by atoms with Crippen LogP contribution in [0.1, 0.15) is 38.5 Å². The Bertz CT molecular complexity index is 1060. The molecule has 2 fully saturated rings. The van der Waals surface area contributed by atoms with Crippen molar-refractivity contribution in [2.45, 2.75) is 43.4 Å². The standard InChI is InChI=1S/C20H27N3O5S/c1-21-17-7-6-16(14-18(17)28-20(21)25)29(26,27)23-12-8-15(9-13-23)19(24)22-10-4-2-3-5-11-22/h6-7,14-15H,2-5,8-13H2,1H3. The van der Waals surface area contributed by atoms with Crippen molar-refractivity contribution < 1.29 is 17.6 Å². The molecule has 2 aliphatic rings. The van der Waals surface area contributed by atoms with Crippen molar-refractivity contribution in [2.75, 3.05) is 26.2 Å². The van der Waals surface area contributed by atoms with Gasteiger partial charge in [-0.05, 0) is 37.8 Å². The molecule has 9 heteroatoms. The lowest BCUT2D eigenvalue weighted by molar-refractivity contribution is -0.136. The second-order valence-electron chi connectivity index (χ2n) is 7.97. The van der Waals surface area contributed by atoms with E-state index in [0.717, 1.165) is 25.9 Å². The van der Waals surface area contributed by atoms with E-state index >= 15 is 0 Å². The molecular formula is C20H27N3O5S. The lowest BCUT2D eigenvalue weighted by Crippen LogP contribution is -2.44. The van der Waals surface area contributed by atoms with Gasteiger partial charge in [0.2, 0.25) is 15.9 Å². The van der Waals surface area contributed by atoms with Gasteiger partial charge in [-0.25, -0.2) is 13.2 Å². The summed E-state index contributed by atoms with van der Waals surface area (Å²) in [7, 11) is -2.12. The molecule has 0 atom stereocenters. The van der Waals surface area contributed by atoms with Gasteiger partial charge in [0.25, 0.3) is 0 Å². The number of likely N-dealkylation sites (tertiary alicyclic amines) is 1. The number of carbonyl (C=O) groups excluding carboxylic acids is 1. The van der Waals surface area contributed by atoms with E-state index in [-0.39, 0.29) is 22.3 Å². The van der Waals surface area contributed by atoms with Crippen LogP contribution in [0.5, 0.6) is 0 Å². The SMILES string of the molecule is Cn1c(=O)oc2cc(S(=O)(=O)N3CCC(C(=O)N4CCCCCC4)CC3)ccc21. The van der Waals surface area contributed by atoms with E-state index in [1.807, 2.05) is 4.90 Å². The molecule has 0 aliphatic carbocycles. The lowest BCUT2D eigenvalue weighted by Gasteiger charge is -2.33. The van der Waals surface area contributed by atoms with E-state index in [4.69, 9.17) is 4.42 Å². The van der Waals surface area contributed by atoms with Gasteiger partial charge in [0.05, 0.1) is 10.4 Å². The molecule has 4 rings (SSSR count). The Hall–Kier alpha value is -2.13. The summed E-state index contributed by atoms with van der Waals surface area (Å²) in [5.74, 6) is -0.451. The second kappa shape index (κ2) is 7.95. The molecule has 8 nitrogen and oxygen atoms in total. The highest BCUT2D eigenvalue weighted by molar-refractivity contribution is 7.89. The maximum Gasteiger partial charge on any atom is 0.419 e. The number of rotatable bonds is 3. The predicted octanol–water partition coefficient (Wildman–Crippen LogP) is 1.93. The quantitative estimate of drug-likeness (QED) is 0.755. The number of nitrogens with zero attached hydrogens (tertiary/aromatic N) is 3. The van der Waals surface area contributed by atoms with E-state index in [2.05, 4.69) is 0 Å². The van der Waals surface area contributed by atoms with E-state index in [9.17, 15) is 18.0 Å². The number of aromatic nitrogens is 1. The largest absolute Gasteiger partial charge is 0.419 e. The number of fused-ring (bicyclic) bond motifs is 1. The summed E-state index contributed by atoms with van der Waals surface area (Å²) in [4.78, 5) is 26.6. The summed E-state index contributed by atoms with van der Waals surface area (Å²) >= 11 is 0. The number of amides is 1. The number of carbonyl (C=O) groups is 1. The average molecular weight is 422 g/mol. The van der Waals surface area contributed by atoms with Crippen molar-refractivity contribution in [2.24, 2.45) is 13.0 Å². The number of oxazole rings is 1. The number of hydrogen-bond acceptors (Lipinski definition) is 5. The van der Waals surface area contributed by atoms with Gasteiger partial charge in [0.15, 0.2) is 5.58 Å². The van der Waals surface area contributed by atoms with Gasteiger partial charge >= 0.3 is 5.76 Å². The highest BCUT2D eigenvalue weighted by Gasteiger charge is 2.34. The molecule has 29 heavy (non-hydrogen) atoms. The van der Waals surface area contributed by atoms with Crippen LogP contribution in [0.4, 0.5) is 0 Å². The van der Waals surface area contributed by atoms with Crippen molar-refractivity contribution >= 4 is 27.0 Å². The molecule has 2 aromatic rings. The number of sulfonamides is 1. The average Bonchev–Trinajstić information content (AvgIpc) is 2.91. The van der Waals surface area contributed by atoms with Crippen LogP contribution < -0.4 is 5.76 Å². The van der Waals surface area contributed by atoms with Crippen LogP contribution >= 0.6 is 0 Å². The topological polar surface area (TPSA) is 92.8 Å². The van der Waals surface area contributed by atoms with Crippen molar-refractivity contribution in [3.05, 3.63) is 28.7 Å².